The van der Waals surface area contributed by atoms with Crippen LogP contribution in [0, 0.1) is 12.3 Å². The average molecular weight is 189 g/mol. The quantitative estimate of drug-likeness (QED) is 0.572. The maximum absolute atomic E-state index is 8.35. The largest absolute Gasteiger partial charge is 0.231 e. The van der Waals surface area contributed by atoms with Crippen molar-refractivity contribution in [3.8, 4) is 11.1 Å². The molecule has 0 saturated heterocycles. The molecule has 0 aromatic rings. The number of hydrogen-bond donors (Lipinski definition) is 1. The standard InChI is InChI=1S/C11H14.CHNO/c1-4-8-6-9(5-2)11-7(3)10(8)11;2-1-3/h6H,4-5H2,1-3H3;2H. The topological polar surface area (TPSA) is 40.9 Å². The van der Waals surface area contributed by atoms with Gasteiger partial charge in [-0.25, -0.2) is 10.2 Å². The van der Waals surface area contributed by atoms with Crippen molar-refractivity contribution >= 4 is 6.08 Å². The predicted octanol–water partition coefficient (Wildman–Crippen LogP) is 3.00. The number of aryl methyl sites for hydroxylation is 3. The van der Waals surface area contributed by atoms with Crippen LogP contribution >= 0.6 is 0 Å². The summed E-state index contributed by atoms with van der Waals surface area (Å²) in [5.74, 6) is 0. The molecular weight excluding hydrogens is 174 g/mol. The molecule has 0 saturated carbocycles. The first-order valence-electron chi connectivity index (χ1n) is 4.90. The van der Waals surface area contributed by atoms with Crippen LogP contribution in [-0.2, 0) is 17.6 Å². The molecule has 0 bridgehead atoms. The molecule has 2 aliphatic carbocycles. The molecule has 2 nitrogen and oxygen atoms in total. The Hall–Kier alpha value is -1.40. The van der Waals surface area contributed by atoms with E-state index in [0.717, 1.165) is 6.08 Å². The summed E-state index contributed by atoms with van der Waals surface area (Å²) in [5.41, 5.74) is 7.86. The first kappa shape index (κ1) is 10.7. The van der Waals surface area contributed by atoms with Crippen molar-refractivity contribution in [2.24, 2.45) is 0 Å². The van der Waals surface area contributed by atoms with Gasteiger partial charge in [0.2, 0.25) is 6.08 Å². The highest BCUT2D eigenvalue weighted by Crippen LogP contribution is 2.48. The lowest BCUT2D eigenvalue weighted by Gasteiger charge is -1.89. The lowest BCUT2D eigenvalue weighted by atomic mass is 10.2. The molecule has 0 amide bonds. The number of carbonyl (C=O) groups excluding carboxylic acids is 1. The maximum Gasteiger partial charge on any atom is 0.231 e. The van der Waals surface area contributed by atoms with Crippen LogP contribution in [0.5, 0.6) is 0 Å². The molecule has 0 radical (unpaired) electrons. The van der Waals surface area contributed by atoms with Crippen LogP contribution in [0.1, 0.15) is 30.5 Å². The van der Waals surface area contributed by atoms with Crippen molar-refractivity contribution in [3.63, 3.8) is 0 Å². The zero-order valence-electron chi connectivity index (χ0n) is 8.90. The van der Waals surface area contributed by atoms with Gasteiger partial charge in [0.25, 0.3) is 0 Å². The first-order chi connectivity index (χ1) is 6.71. The molecule has 0 heterocycles. The van der Waals surface area contributed by atoms with Crippen LogP contribution in [0.2, 0.25) is 0 Å². The molecule has 0 spiro atoms. The van der Waals surface area contributed by atoms with Crippen LogP contribution in [0.4, 0.5) is 0 Å². The minimum Gasteiger partial charge on any atom is -0.222 e. The van der Waals surface area contributed by atoms with Gasteiger partial charge in [-0.2, -0.15) is 0 Å². The maximum atomic E-state index is 8.35. The fraction of sp³-hybridized carbons (Fsp3) is 0.417. The fourth-order valence-corrected chi connectivity index (χ4v) is 2.00. The van der Waals surface area contributed by atoms with Crippen molar-refractivity contribution in [1.29, 1.82) is 5.41 Å². The molecule has 1 N–H and O–H groups in total. The molecule has 0 unspecified atom stereocenters. The SMILES string of the molecule is CCc1cc(CC)c2c(C)c1-2.N=C=O. The molecule has 74 valence electrons. The number of nitrogens with one attached hydrogen (secondary N) is 1. The summed E-state index contributed by atoms with van der Waals surface area (Å²) in [6.07, 6.45) is 3.14. The van der Waals surface area contributed by atoms with Gasteiger partial charge in [-0.15, -0.1) is 0 Å². The molecule has 2 heteroatoms. The number of rotatable bonds is 2. The van der Waals surface area contributed by atoms with E-state index < -0.39 is 0 Å². The minimum absolute atomic E-state index is 0.750. The number of benzene rings is 1. The Bertz CT molecular complexity index is 360. The van der Waals surface area contributed by atoms with Crippen molar-refractivity contribution < 1.29 is 4.79 Å². The van der Waals surface area contributed by atoms with Gasteiger partial charge in [0.15, 0.2) is 0 Å². The van der Waals surface area contributed by atoms with Gasteiger partial charge in [0.1, 0.15) is 0 Å². The molecular formula is C12H15NO. The van der Waals surface area contributed by atoms with E-state index in [4.69, 9.17) is 10.2 Å². The van der Waals surface area contributed by atoms with E-state index in [1.165, 1.54) is 12.8 Å². The van der Waals surface area contributed by atoms with E-state index >= 15 is 0 Å². The Morgan fingerprint density at radius 2 is 1.57 bits per heavy atom. The van der Waals surface area contributed by atoms with Gasteiger partial charge in [0, 0.05) is 0 Å². The lowest BCUT2D eigenvalue weighted by Crippen LogP contribution is -1.75. The average Bonchev–Trinajstić information content (AvgIpc) is 2.69. The molecule has 2 rings (SSSR count). The van der Waals surface area contributed by atoms with Gasteiger partial charge < -0.3 is 0 Å². The van der Waals surface area contributed by atoms with E-state index in [1.807, 2.05) is 0 Å². The van der Waals surface area contributed by atoms with E-state index in [2.05, 4.69) is 26.8 Å². The third-order valence-electron chi connectivity index (χ3n) is 2.69. The van der Waals surface area contributed by atoms with Crippen LogP contribution in [0.25, 0.3) is 11.1 Å². The van der Waals surface area contributed by atoms with Crippen molar-refractivity contribution in [3.05, 3.63) is 22.8 Å². The zero-order chi connectivity index (χ0) is 10.7. The Labute approximate surface area is 84.5 Å². The van der Waals surface area contributed by atoms with Crippen molar-refractivity contribution in [1.82, 2.24) is 0 Å². The fourth-order valence-electron chi connectivity index (χ4n) is 2.00. The third kappa shape index (κ3) is 1.61. The highest BCUT2D eigenvalue weighted by molar-refractivity contribution is 5.94. The van der Waals surface area contributed by atoms with E-state index in [0.29, 0.717) is 0 Å². The van der Waals surface area contributed by atoms with Crippen LogP contribution < -0.4 is 0 Å². The first-order valence-corrected chi connectivity index (χ1v) is 4.90. The molecule has 0 aromatic carbocycles. The van der Waals surface area contributed by atoms with Gasteiger partial charge in [-0.05, 0) is 47.6 Å². The number of hydrogen-bond acceptors (Lipinski definition) is 2. The summed E-state index contributed by atoms with van der Waals surface area (Å²) in [7, 11) is 0. The summed E-state index contributed by atoms with van der Waals surface area (Å²) >= 11 is 0. The van der Waals surface area contributed by atoms with Crippen LogP contribution in [0.15, 0.2) is 6.07 Å². The Morgan fingerprint density at radius 3 is 1.79 bits per heavy atom. The molecule has 0 aliphatic heterocycles. The second-order valence-electron chi connectivity index (χ2n) is 3.38. The van der Waals surface area contributed by atoms with Crippen LogP contribution in [0.3, 0.4) is 0 Å². The molecule has 2 aliphatic rings. The highest BCUT2D eigenvalue weighted by Gasteiger charge is 2.27. The van der Waals surface area contributed by atoms with Gasteiger partial charge >= 0.3 is 0 Å². The predicted molar refractivity (Wildman–Crippen MR) is 57.3 cm³/mol. The summed E-state index contributed by atoms with van der Waals surface area (Å²) in [6, 6.07) is 2.37. The van der Waals surface area contributed by atoms with E-state index in [1.54, 1.807) is 27.8 Å². The normalized spacial score (nSPS) is 9.93. The smallest absolute Gasteiger partial charge is 0.222 e. The van der Waals surface area contributed by atoms with Crippen LogP contribution in [-0.4, -0.2) is 6.08 Å². The van der Waals surface area contributed by atoms with E-state index in [9.17, 15) is 0 Å². The van der Waals surface area contributed by atoms with Gasteiger partial charge in [-0.1, -0.05) is 19.9 Å². The Morgan fingerprint density at radius 1 is 1.21 bits per heavy atom. The molecule has 0 aromatic heterocycles. The molecule has 14 heavy (non-hydrogen) atoms. The molecule has 0 atom stereocenters. The second kappa shape index (κ2) is 4.21. The summed E-state index contributed by atoms with van der Waals surface area (Å²) in [6.45, 7) is 6.71. The Balaban J connectivity index is 0.000000293. The molecule has 0 fully saturated rings. The highest BCUT2D eigenvalue weighted by atomic mass is 16.1. The van der Waals surface area contributed by atoms with Gasteiger partial charge in [0.05, 0.1) is 0 Å². The summed E-state index contributed by atoms with van der Waals surface area (Å²) in [4.78, 5) is 8.35. The zero-order valence-corrected chi connectivity index (χ0v) is 8.90. The Kier molecular flexibility index (Phi) is 3.21. The lowest BCUT2D eigenvalue weighted by molar-refractivity contribution is 0.563. The van der Waals surface area contributed by atoms with Crippen molar-refractivity contribution in [2.75, 3.05) is 0 Å². The monoisotopic (exact) mass is 189 g/mol. The summed E-state index contributed by atoms with van der Waals surface area (Å²) < 4.78 is 0. The number of fused-ring (bicyclic) bond motifs is 1. The van der Waals surface area contributed by atoms with Gasteiger partial charge in [-0.3, -0.25) is 0 Å². The second-order valence-corrected chi connectivity index (χ2v) is 3.38. The number of isocyanates is 1. The minimum atomic E-state index is 0.750. The van der Waals surface area contributed by atoms with Crippen molar-refractivity contribution in [2.45, 2.75) is 33.6 Å². The summed E-state index contributed by atoms with van der Waals surface area (Å²) in [5, 5.41) is 5.40. The van der Waals surface area contributed by atoms with E-state index in [-0.39, 0.29) is 0 Å². The third-order valence-corrected chi connectivity index (χ3v) is 2.69.